The summed E-state index contributed by atoms with van der Waals surface area (Å²) in [4.78, 5) is 24.5. The number of benzene rings is 1. The van der Waals surface area contributed by atoms with Crippen LogP contribution < -0.4 is 4.90 Å². The van der Waals surface area contributed by atoms with Crippen LogP contribution in [0.3, 0.4) is 0 Å². The number of rotatable bonds is 4. The average molecular weight is 459 g/mol. The van der Waals surface area contributed by atoms with Gasteiger partial charge in [-0.25, -0.2) is 4.98 Å². The van der Waals surface area contributed by atoms with Gasteiger partial charge >= 0.3 is 6.18 Å². The molecule has 10 heteroatoms. The Morgan fingerprint density at radius 2 is 2.06 bits per heavy atom. The van der Waals surface area contributed by atoms with Gasteiger partial charge in [-0.2, -0.15) is 18.4 Å². The fourth-order valence-electron chi connectivity index (χ4n) is 5.01. The molecular formula is C23H24F3N5O2. The SMILES string of the molecule is COCC1CN(c2ccc(C#N)c(C(F)(F)F)c2)CC12CCN(C(=O)c1cnccn1)CC2. The predicted octanol–water partition coefficient (Wildman–Crippen LogP) is 3.37. The number of alkyl halides is 3. The van der Waals surface area contributed by atoms with Crippen LogP contribution in [-0.2, 0) is 10.9 Å². The highest BCUT2D eigenvalue weighted by Gasteiger charge is 2.49. The van der Waals surface area contributed by atoms with Gasteiger partial charge in [-0.1, -0.05) is 0 Å². The number of carbonyl (C=O) groups is 1. The normalized spacial score (nSPS) is 20.2. The Morgan fingerprint density at radius 3 is 2.67 bits per heavy atom. The second-order valence-electron chi connectivity index (χ2n) is 8.62. The van der Waals surface area contributed by atoms with Crippen molar-refractivity contribution in [3.8, 4) is 6.07 Å². The van der Waals surface area contributed by atoms with E-state index in [1.807, 2.05) is 4.90 Å². The van der Waals surface area contributed by atoms with Crippen LogP contribution >= 0.6 is 0 Å². The fraction of sp³-hybridized carbons (Fsp3) is 0.478. The Hall–Kier alpha value is -3.19. The third-order valence-electron chi connectivity index (χ3n) is 6.80. The summed E-state index contributed by atoms with van der Waals surface area (Å²) in [7, 11) is 1.62. The summed E-state index contributed by atoms with van der Waals surface area (Å²) in [5.74, 6) is -0.0562. The summed E-state index contributed by atoms with van der Waals surface area (Å²) in [5.41, 5.74) is -0.744. The average Bonchev–Trinajstić information content (AvgIpc) is 3.16. The monoisotopic (exact) mass is 459 g/mol. The summed E-state index contributed by atoms with van der Waals surface area (Å²) in [6, 6.07) is 5.50. The van der Waals surface area contributed by atoms with Crippen LogP contribution in [0.4, 0.5) is 18.9 Å². The summed E-state index contributed by atoms with van der Waals surface area (Å²) in [5, 5.41) is 9.08. The van der Waals surface area contributed by atoms with Gasteiger partial charge in [0, 0.05) is 57.3 Å². The molecule has 1 unspecified atom stereocenters. The molecule has 2 saturated heterocycles. The fourth-order valence-corrected chi connectivity index (χ4v) is 5.01. The van der Waals surface area contributed by atoms with E-state index in [0.717, 1.165) is 6.07 Å². The van der Waals surface area contributed by atoms with E-state index in [4.69, 9.17) is 10.00 Å². The van der Waals surface area contributed by atoms with Crippen LogP contribution in [0.2, 0.25) is 0 Å². The number of ether oxygens (including phenoxy) is 1. The van der Waals surface area contributed by atoms with Gasteiger partial charge in [0.25, 0.3) is 5.91 Å². The molecule has 174 valence electrons. The lowest BCUT2D eigenvalue weighted by Crippen LogP contribution is -2.47. The molecule has 2 aliphatic rings. The molecule has 1 amide bonds. The van der Waals surface area contributed by atoms with E-state index in [9.17, 15) is 18.0 Å². The van der Waals surface area contributed by atoms with E-state index in [0.29, 0.717) is 57.0 Å². The number of carbonyl (C=O) groups excluding carboxylic acids is 1. The van der Waals surface area contributed by atoms with Crippen molar-refractivity contribution in [2.45, 2.75) is 19.0 Å². The van der Waals surface area contributed by atoms with Crippen LogP contribution in [0.25, 0.3) is 0 Å². The van der Waals surface area contributed by atoms with Gasteiger partial charge in [0.15, 0.2) is 0 Å². The van der Waals surface area contributed by atoms with Crippen molar-refractivity contribution in [3.63, 3.8) is 0 Å². The lowest BCUT2D eigenvalue weighted by molar-refractivity contribution is -0.137. The minimum Gasteiger partial charge on any atom is -0.384 e. The summed E-state index contributed by atoms with van der Waals surface area (Å²) in [6.07, 6.45) is 1.27. The molecule has 3 heterocycles. The van der Waals surface area contributed by atoms with Gasteiger partial charge < -0.3 is 14.5 Å². The second-order valence-corrected chi connectivity index (χ2v) is 8.62. The maximum Gasteiger partial charge on any atom is 0.417 e. The number of hydrogen-bond acceptors (Lipinski definition) is 6. The van der Waals surface area contributed by atoms with Crippen LogP contribution in [0, 0.1) is 22.7 Å². The summed E-state index contributed by atoms with van der Waals surface area (Å²) < 4.78 is 45.9. The molecule has 0 saturated carbocycles. The molecule has 0 bridgehead atoms. The number of hydrogen-bond donors (Lipinski definition) is 0. The first-order valence-corrected chi connectivity index (χ1v) is 10.7. The highest BCUT2D eigenvalue weighted by atomic mass is 19.4. The van der Waals surface area contributed by atoms with Gasteiger partial charge in [0.1, 0.15) is 5.69 Å². The maximum absolute atomic E-state index is 13.5. The molecule has 2 aliphatic heterocycles. The minimum atomic E-state index is -4.60. The molecule has 1 aromatic heterocycles. The van der Waals surface area contributed by atoms with Crippen molar-refractivity contribution >= 4 is 11.6 Å². The van der Waals surface area contributed by atoms with E-state index in [1.165, 1.54) is 24.7 Å². The molecule has 2 fully saturated rings. The van der Waals surface area contributed by atoms with Crippen LogP contribution in [0.15, 0.2) is 36.8 Å². The molecule has 0 radical (unpaired) electrons. The molecular weight excluding hydrogens is 435 g/mol. The zero-order valence-corrected chi connectivity index (χ0v) is 18.2. The van der Waals surface area contributed by atoms with Crippen LogP contribution in [-0.4, -0.2) is 60.7 Å². The van der Waals surface area contributed by atoms with Crippen molar-refractivity contribution in [3.05, 3.63) is 53.6 Å². The highest BCUT2D eigenvalue weighted by molar-refractivity contribution is 5.92. The van der Waals surface area contributed by atoms with E-state index >= 15 is 0 Å². The van der Waals surface area contributed by atoms with Crippen LogP contribution in [0.1, 0.15) is 34.5 Å². The van der Waals surface area contributed by atoms with Crippen molar-refractivity contribution in [1.29, 1.82) is 5.26 Å². The molecule has 4 rings (SSSR count). The summed E-state index contributed by atoms with van der Waals surface area (Å²) >= 11 is 0. The Balaban J connectivity index is 1.54. The number of likely N-dealkylation sites (tertiary alicyclic amines) is 1. The topological polar surface area (TPSA) is 82.4 Å². The standard InChI is InChI=1S/C23H24F3N5O2/c1-33-14-17-13-31(18-3-2-16(11-27)19(10-18)23(24,25)26)15-22(17)4-8-30(9-5-22)21(32)20-12-28-6-7-29-20/h2-3,6-7,10,12,17H,4-5,8-9,13-15H2,1H3. The lowest BCUT2D eigenvalue weighted by atomic mass is 9.71. The Labute approximate surface area is 189 Å². The third-order valence-corrected chi connectivity index (χ3v) is 6.80. The first kappa shape index (κ1) is 23.0. The van der Waals surface area contributed by atoms with E-state index in [-0.39, 0.29) is 22.8 Å². The number of anilines is 1. The number of aromatic nitrogens is 2. The number of nitrogens with zero attached hydrogens (tertiary/aromatic N) is 5. The van der Waals surface area contributed by atoms with Crippen molar-refractivity contribution in [2.75, 3.05) is 44.8 Å². The van der Waals surface area contributed by atoms with Crippen LogP contribution in [0.5, 0.6) is 0 Å². The van der Waals surface area contributed by atoms with E-state index < -0.39 is 11.7 Å². The van der Waals surface area contributed by atoms with Gasteiger partial charge in [0.05, 0.1) is 30.0 Å². The lowest BCUT2D eigenvalue weighted by Gasteiger charge is -2.42. The van der Waals surface area contributed by atoms with E-state index in [1.54, 1.807) is 24.1 Å². The molecule has 0 N–H and O–H groups in total. The van der Waals surface area contributed by atoms with Crippen molar-refractivity contribution in [1.82, 2.24) is 14.9 Å². The number of piperidine rings is 1. The predicted molar refractivity (Wildman–Crippen MR) is 113 cm³/mol. The van der Waals surface area contributed by atoms with Crippen molar-refractivity contribution < 1.29 is 22.7 Å². The Kier molecular flexibility index (Phi) is 6.26. The maximum atomic E-state index is 13.5. The largest absolute Gasteiger partial charge is 0.417 e. The number of nitriles is 1. The van der Waals surface area contributed by atoms with Gasteiger partial charge in [-0.3, -0.25) is 9.78 Å². The second kappa shape index (κ2) is 8.98. The number of methoxy groups -OCH3 is 1. The van der Waals surface area contributed by atoms with E-state index in [2.05, 4.69) is 9.97 Å². The van der Waals surface area contributed by atoms with Crippen molar-refractivity contribution in [2.24, 2.45) is 11.3 Å². The number of amides is 1. The number of halogens is 3. The molecule has 1 atom stereocenters. The first-order valence-electron chi connectivity index (χ1n) is 10.7. The highest BCUT2D eigenvalue weighted by Crippen LogP contribution is 2.47. The zero-order chi connectivity index (χ0) is 23.6. The Bertz CT molecular complexity index is 1050. The minimum absolute atomic E-state index is 0.112. The molecule has 1 spiro atoms. The molecule has 0 aliphatic carbocycles. The molecule has 33 heavy (non-hydrogen) atoms. The van der Waals surface area contributed by atoms with Gasteiger partial charge in [0.2, 0.25) is 0 Å². The smallest absolute Gasteiger partial charge is 0.384 e. The Morgan fingerprint density at radius 1 is 1.30 bits per heavy atom. The quantitative estimate of drug-likeness (QED) is 0.697. The van der Waals surface area contributed by atoms with Gasteiger partial charge in [-0.15, -0.1) is 0 Å². The van der Waals surface area contributed by atoms with Gasteiger partial charge in [-0.05, 0) is 36.5 Å². The molecule has 7 nitrogen and oxygen atoms in total. The third kappa shape index (κ3) is 4.50. The molecule has 2 aromatic rings. The first-order chi connectivity index (χ1) is 15.8. The molecule has 1 aromatic carbocycles. The zero-order valence-electron chi connectivity index (χ0n) is 18.2. The summed E-state index contributed by atoms with van der Waals surface area (Å²) in [6.45, 7) is 2.67.